The average molecular weight is 336 g/mol. The summed E-state index contributed by atoms with van der Waals surface area (Å²) in [5, 5.41) is 0.692. The smallest absolute Gasteiger partial charge is 0.343 e. The van der Waals surface area contributed by atoms with Crippen molar-refractivity contribution in [3.63, 3.8) is 0 Å². The summed E-state index contributed by atoms with van der Waals surface area (Å²) in [6.45, 7) is 6.34. The minimum atomic E-state index is -0.334. The van der Waals surface area contributed by atoms with E-state index in [2.05, 4.69) is 26.8 Å². The SMILES string of the molecule is CCOC(=O)c1cnc(SC)nc1N1CCC2(CCN(C)C2)C1. The van der Waals surface area contributed by atoms with Crippen LogP contribution in [0.1, 0.15) is 30.1 Å². The van der Waals surface area contributed by atoms with Gasteiger partial charge in [0, 0.05) is 31.2 Å². The van der Waals surface area contributed by atoms with E-state index in [1.54, 1.807) is 6.20 Å². The van der Waals surface area contributed by atoms with Crippen molar-refractivity contribution in [1.82, 2.24) is 14.9 Å². The largest absolute Gasteiger partial charge is 0.462 e. The van der Waals surface area contributed by atoms with E-state index in [0.29, 0.717) is 22.7 Å². The minimum Gasteiger partial charge on any atom is -0.462 e. The molecule has 1 unspecified atom stereocenters. The summed E-state index contributed by atoms with van der Waals surface area (Å²) >= 11 is 1.49. The first-order valence-corrected chi connectivity index (χ1v) is 9.31. The van der Waals surface area contributed by atoms with Gasteiger partial charge in [-0.2, -0.15) is 0 Å². The van der Waals surface area contributed by atoms with Crippen LogP contribution < -0.4 is 4.90 Å². The Labute approximate surface area is 141 Å². The molecule has 1 atom stereocenters. The number of hydrogen-bond acceptors (Lipinski definition) is 7. The molecule has 0 aromatic carbocycles. The van der Waals surface area contributed by atoms with Crippen molar-refractivity contribution in [1.29, 1.82) is 0 Å². The van der Waals surface area contributed by atoms with E-state index in [1.165, 1.54) is 18.2 Å². The highest BCUT2D eigenvalue weighted by Crippen LogP contribution is 2.41. The quantitative estimate of drug-likeness (QED) is 0.473. The summed E-state index contributed by atoms with van der Waals surface area (Å²) in [5.74, 6) is 0.397. The molecule has 1 spiro atoms. The standard InChI is InChI=1S/C16H24N4O2S/c1-4-22-14(21)12-9-17-15(23-3)18-13(12)20-8-6-16(11-20)5-7-19(2)10-16/h9H,4-8,10-11H2,1-3H3. The number of anilines is 1. The van der Waals surface area contributed by atoms with E-state index in [9.17, 15) is 4.79 Å². The van der Waals surface area contributed by atoms with Crippen molar-refractivity contribution in [3.05, 3.63) is 11.8 Å². The zero-order chi connectivity index (χ0) is 16.4. The summed E-state index contributed by atoms with van der Waals surface area (Å²) in [4.78, 5) is 25.7. The van der Waals surface area contributed by atoms with Crippen LogP contribution in [0.3, 0.4) is 0 Å². The fraction of sp³-hybridized carbons (Fsp3) is 0.688. The van der Waals surface area contributed by atoms with Crippen LogP contribution in [0.4, 0.5) is 5.82 Å². The van der Waals surface area contributed by atoms with E-state index in [-0.39, 0.29) is 5.97 Å². The van der Waals surface area contributed by atoms with E-state index in [4.69, 9.17) is 4.74 Å². The van der Waals surface area contributed by atoms with Crippen LogP contribution in [0.2, 0.25) is 0 Å². The molecular weight excluding hydrogens is 312 g/mol. The summed E-state index contributed by atoms with van der Waals surface area (Å²) in [6, 6.07) is 0. The number of ether oxygens (including phenoxy) is 1. The number of likely N-dealkylation sites (tertiary alicyclic amines) is 1. The fourth-order valence-electron chi connectivity index (χ4n) is 3.66. The molecule has 23 heavy (non-hydrogen) atoms. The molecule has 7 heteroatoms. The van der Waals surface area contributed by atoms with Crippen molar-refractivity contribution < 1.29 is 9.53 Å². The molecule has 2 saturated heterocycles. The van der Waals surface area contributed by atoms with Crippen molar-refractivity contribution in [3.8, 4) is 0 Å². The van der Waals surface area contributed by atoms with E-state index in [0.717, 1.165) is 38.4 Å². The Bertz CT molecular complexity index is 597. The lowest BCUT2D eigenvalue weighted by Crippen LogP contribution is -2.31. The highest BCUT2D eigenvalue weighted by Gasteiger charge is 2.43. The molecule has 1 aromatic heterocycles. The Morgan fingerprint density at radius 1 is 1.39 bits per heavy atom. The Kier molecular flexibility index (Phi) is 4.77. The van der Waals surface area contributed by atoms with E-state index < -0.39 is 0 Å². The fourth-order valence-corrected chi connectivity index (χ4v) is 3.99. The Morgan fingerprint density at radius 2 is 2.17 bits per heavy atom. The van der Waals surface area contributed by atoms with Crippen LogP contribution in [0.5, 0.6) is 0 Å². The van der Waals surface area contributed by atoms with Gasteiger partial charge < -0.3 is 14.5 Å². The molecule has 6 nitrogen and oxygen atoms in total. The summed E-state index contributed by atoms with van der Waals surface area (Å²) in [6.07, 6.45) is 5.92. The van der Waals surface area contributed by atoms with Gasteiger partial charge in [-0.25, -0.2) is 14.8 Å². The molecule has 126 valence electrons. The first kappa shape index (κ1) is 16.5. The average Bonchev–Trinajstić information content (AvgIpc) is 3.13. The lowest BCUT2D eigenvalue weighted by molar-refractivity contribution is 0.0526. The number of hydrogen-bond donors (Lipinski definition) is 0. The minimum absolute atomic E-state index is 0.334. The molecule has 0 N–H and O–H groups in total. The van der Waals surface area contributed by atoms with Gasteiger partial charge in [-0.05, 0) is 39.6 Å². The summed E-state index contributed by atoms with van der Waals surface area (Å²) in [7, 11) is 2.18. The highest BCUT2D eigenvalue weighted by atomic mass is 32.2. The summed E-state index contributed by atoms with van der Waals surface area (Å²) < 4.78 is 5.18. The van der Waals surface area contributed by atoms with Crippen molar-refractivity contribution in [2.24, 2.45) is 5.41 Å². The van der Waals surface area contributed by atoms with Crippen LogP contribution in [0, 0.1) is 5.41 Å². The molecule has 3 rings (SSSR count). The maximum atomic E-state index is 12.2. The second-order valence-corrected chi connectivity index (χ2v) is 7.25. The molecule has 0 radical (unpaired) electrons. The van der Waals surface area contributed by atoms with Crippen LogP contribution in [0.15, 0.2) is 11.4 Å². The first-order chi connectivity index (χ1) is 11.1. The van der Waals surface area contributed by atoms with Gasteiger partial charge >= 0.3 is 5.97 Å². The second-order valence-electron chi connectivity index (χ2n) is 6.47. The molecule has 2 aliphatic heterocycles. The normalized spacial score (nSPS) is 24.6. The molecule has 3 heterocycles. The lowest BCUT2D eigenvalue weighted by atomic mass is 9.86. The number of nitrogens with zero attached hydrogens (tertiary/aromatic N) is 4. The second kappa shape index (κ2) is 6.65. The van der Waals surface area contributed by atoms with Gasteiger partial charge in [0.25, 0.3) is 0 Å². The van der Waals surface area contributed by atoms with Crippen molar-refractivity contribution >= 4 is 23.5 Å². The van der Waals surface area contributed by atoms with Gasteiger partial charge in [-0.15, -0.1) is 0 Å². The molecule has 0 bridgehead atoms. The Hall–Kier alpha value is -1.34. The monoisotopic (exact) mass is 336 g/mol. The van der Waals surface area contributed by atoms with E-state index >= 15 is 0 Å². The predicted octanol–water partition coefficient (Wildman–Crippen LogP) is 1.91. The predicted molar refractivity (Wildman–Crippen MR) is 91.1 cm³/mol. The maximum Gasteiger partial charge on any atom is 0.343 e. The molecule has 2 fully saturated rings. The molecule has 2 aliphatic rings. The molecule has 0 aliphatic carbocycles. The molecule has 0 amide bonds. The topological polar surface area (TPSA) is 58.6 Å². The van der Waals surface area contributed by atoms with Crippen molar-refractivity contribution in [2.45, 2.75) is 24.9 Å². The third-order valence-electron chi connectivity index (χ3n) is 4.79. The van der Waals surface area contributed by atoms with Crippen LogP contribution in [-0.2, 0) is 4.74 Å². The lowest BCUT2D eigenvalue weighted by Gasteiger charge is -2.25. The number of esters is 1. The van der Waals surface area contributed by atoms with Gasteiger partial charge in [0.15, 0.2) is 5.16 Å². The van der Waals surface area contributed by atoms with Crippen molar-refractivity contribution in [2.75, 3.05) is 51.0 Å². The van der Waals surface area contributed by atoms with Gasteiger partial charge in [0.1, 0.15) is 11.4 Å². The Morgan fingerprint density at radius 3 is 2.83 bits per heavy atom. The third-order valence-corrected chi connectivity index (χ3v) is 5.35. The molecular formula is C16H24N4O2S. The van der Waals surface area contributed by atoms with Crippen LogP contribution >= 0.6 is 11.8 Å². The van der Waals surface area contributed by atoms with Crippen LogP contribution in [0.25, 0.3) is 0 Å². The Balaban J connectivity index is 1.87. The number of carbonyl (C=O) groups is 1. The number of rotatable bonds is 4. The number of aromatic nitrogens is 2. The molecule has 1 aromatic rings. The van der Waals surface area contributed by atoms with E-state index in [1.807, 2.05) is 13.2 Å². The number of thioether (sulfide) groups is 1. The summed E-state index contributed by atoms with van der Waals surface area (Å²) in [5.41, 5.74) is 0.818. The first-order valence-electron chi connectivity index (χ1n) is 8.08. The van der Waals surface area contributed by atoms with Gasteiger partial charge in [-0.1, -0.05) is 11.8 Å². The van der Waals surface area contributed by atoms with Gasteiger partial charge in [0.05, 0.1) is 6.61 Å². The maximum absolute atomic E-state index is 12.2. The van der Waals surface area contributed by atoms with Gasteiger partial charge in [0.2, 0.25) is 0 Å². The zero-order valence-electron chi connectivity index (χ0n) is 14.0. The third kappa shape index (κ3) is 3.30. The zero-order valence-corrected chi connectivity index (χ0v) is 14.9. The van der Waals surface area contributed by atoms with Gasteiger partial charge in [-0.3, -0.25) is 0 Å². The molecule has 0 saturated carbocycles. The number of carbonyl (C=O) groups excluding carboxylic acids is 1. The van der Waals surface area contributed by atoms with Crippen LogP contribution in [-0.4, -0.2) is 66.9 Å². The highest BCUT2D eigenvalue weighted by molar-refractivity contribution is 7.98.